The van der Waals surface area contributed by atoms with Crippen LogP contribution in [0.5, 0.6) is 0 Å². The maximum absolute atomic E-state index is 12.9. The minimum Gasteiger partial charge on any atom is -0.325 e. The number of pyridine rings is 1. The first kappa shape index (κ1) is 15.6. The number of nitrogens with zero attached hydrogens (tertiary/aromatic N) is 1. The molecule has 1 aromatic heterocycles. The van der Waals surface area contributed by atoms with Crippen LogP contribution < -0.4 is 10.5 Å². The standard InChI is InChI=1S/C14H16FN3O2S/c1-10(11-4-6-12(15)7-5-11)18-21(19,20)14-3-2-8-17-13(14)9-16/h2-8,10,18H,9,16H2,1H3. The first-order valence-corrected chi connectivity index (χ1v) is 7.84. The lowest BCUT2D eigenvalue weighted by molar-refractivity contribution is 0.564. The van der Waals surface area contributed by atoms with Gasteiger partial charge in [-0.2, -0.15) is 0 Å². The molecule has 1 atom stereocenters. The van der Waals surface area contributed by atoms with Crippen molar-refractivity contribution in [1.82, 2.24) is 9.71 Å². The average Bonchev–Trinajstić information content (AvgIpc) is 2.47. The number of sulfonamides is 1. The maximum Gasteiger partial charge on any atom is 0.242 e. The molecule has 0 fully saturated rings. The third kappa shape index (κ3) is 3.63. The Balaban J connectivity index is 2.26. The zero-order valence-electron chi connectivity index (χ0n) is 11.5. The maximum atomic E-state index is 12.9. The summed E-state index contributed by atoms with van der Waals surface area (Å²) in [5.41, 5.74) is 6.48. The molecular formula is C14H16FN3O2S. The van der Waals surface area contributed by atoms with Gasteiger partial charge in [-0.15, -0.1) is 0 Å². The first-order chi connectivity index (χ1) is 9.94. The normalized spacial score (nSPS) is 13.1. The highest BCUT2D eigenvalue weighted by Crippen LogP contribution is 2.18. The molecule has 0 amide bonds. The van der Waals surface area contributed by atoms with E-state index in [0.29, 0.717) is 11.3 Å². The number of nitrogens with two attached hydrogens (primary N) is 1. The lowest BCUT2D eigenvalue weighted by atomic mass is 10.1. The lowest BCUT2D eigenvalue weighted by Gasteiger charge is -2.16. The summed E-state index contributed by atoms with van der Waals surface area (Å²) < 4.78 is 40.2. The van der Waals surface area contributed by atoms with Crippen LogP contribution in [0.2, 0.25) is 0 Å². The van der Waals surface area contributed by atoms with E-state index < -0.39 is 16.1 Å². The summed E-state index contributed by atoms with van der Waals surface area (Å²) in [6.07, 6.45) is 1.49. The second-order valence-corrected chi connectivity index (χ2v) is 6.23. The van der Waals surface area contributed by atoms with Gasteiger partial charge in [-0.25, -0.2) is 17.5 Å². The van der Waals surface area contributed by atoms with Crippen LogP contribution in [-0.4, -0.2) is 13.4 Å². The molecule has 2 aromatic rings. The molecule has 7 heteroatoms. The summed E-state index contributed by atoms with van der Waals surface area (Å²) in [7, 11) is -3.75. The zero-order chi connectivity index (χ0) is 15.5. The first-order valence-electron chi connectivity index (χ1n) is 6.36. The molecule has 0 aliphatic heterocycles. The number of rotatable bonds is 5. The molecular weight excluding hydrogens is 293 g/mol. The van der Waals surface area contributed by atoms with Crippen LogP contribution in [0.3, 0.4) is 0 Å². The second kappa shape index (κ2) is 6.30. The van der Waals surface area contributed by atoms with E-state index in [1.165, 1.54) is 42.6 Å². The summed E-state index contributed by atoms with van der Waals surface area (Å²) >= 11 is 0. The molecule has 21 heavy (non-hydrogen) atoms. The molecule has 3 N–H and O–H groups in total. The van der Waals surface area contributed by atoms with Gasteiger partial charge in [-0.3, -0.25) is 4.98 Å². The van der Waals surface area contributed by atoms with E-state index in [-0.39, 0.29) is 17.3 Å². The SMILES string of the molecule is CC(NS(=O)(=O)c1cccnc1CN)c1ccc(F)cc1. The van der Waals surface area contributed by atoms with Gasteiger partial charge < -0.3 is 5.73 Å². The van der Waals surface area contributed by atoms with E-state index in [2.05, 4.69) is 9.71 Å². The van der Waals surface area contributed by atoms with Crippen molar-refractivity contribution in [3.63, 3.8) is 0 Å². The highest BCUT2D eigenvalue weighted by Gasteiger charge is 2.21. The van der Waals surface area contributed by atoms with Crippen molar-refractivity contribution >= 4 is 10.0 Å². The lowest BCUT2D eigenvalue weighted by Crippen LogP contribution is -2.28. The molecule has 0 spiro atoms. The van der Waals surface area contributed by atoms with Crippen molar-refractivity contribution in [2.45, 2.75) is 24.4 Å². The van der Waals surface area contributed by atoms with Crippen LogP contribution in [0.15, 0.2) is 47.5 Å². The molecule has 0 aliphatic rings. The number of hydrogen-bond acceptors (Lipinski definition) is 4. The van der Waals surface area contributed by atoms with E-state index in [4.69, 9.17) is 5.73 Å². The molecule has 0 aliphatic carbocycles. The van der Waals surface area contributed by atoms with Crippen molar-refractivity contribution in [3.8, 4) is 0 Å². The number of halogens is 1. The number of hydrogen-bond donors (Lipinski definition) is 2. The van der Waals surface area contributed by atoms with E-state index in [1.54, 1.807) is 6.92 Å². The van der Waals surface area contributed by atoms with Crippen molar-refractivity contribution in [2.75, 3.05) is 0 Å². The molecule has 1 heterocycles. The van der Waals surface area contributed by atoms with E-state index in [0.717, 1.165) is 0 Å². The molecule has 112 valence electrons. The Morgan fingerprint density at radius 3 is 2.57 bits per heavy atom. The van der Waals surface area contributed by atoms with E-state index in [1.807, 2.05) is 0 Å². The predicted octanol–water partition coefficient (Wildman–Crippen LogP) is 1.72. The topological polar surface area (TPSA) is 85.1 Å². The zero-order valence-corrected chi connectivity index (χ0v) is 12.3. The second-order valence-electron chi connectivity index (χ2n) is 4.55. The fourth-order valence-corrected chi connectivity index (χ4v) is 3.37. The van der Waals surface area contributed by atoms with Crippen LogP contribution in [-0.2, 0) is 16.6 Å². The molecule has 0 saturated carbocycles. The molecule has 0 radical (unpaired) electrons. The van der Waals surface area contributed by atoms with Gasteiger partial charge in [-0.1, -0.05) is 12.1 Å². The molecule has 5 nitrogen and oxygen atoms in total. The van der Waals surface area contributed by atoms with Gasteiger partial charge in [-0.05, 0) is 36.8 Å². The highest BCUT2D eigenvalue weighted by molar-refractivity contribution is 7.89. The Bertz CT molecular complexity index is 717. The highest BCUT2D eigenvalue weighted by atomic mass is 32.2. The van der Waals surface area contributed by atoms with Crippen molar-refractivity contribution in [3.05, 3.63) is 59.7 Å². The summed E-state index contributed by atoms with van der Waals surface area (Å²) in [6.45, 7) is 1.71. The Morgan fingerprint density at radius 2 is 1.95 bits per heavy atom. The molecule has 1 unspecified atom stereocenters. The minimum absolute atomic E-state index is 0.0298. The van der Waals surface area contributed by atoms with Gasteiger partial charge in [0.15, 0.2) is 0 Å². The molecule has 0 bridgehead atoms. The van der Waals surface area contributed by atoms with Gasteiger partial charge in [0.2, 0.25) is 10.0 Å². The molecule has 2 rings (SSSR count). The summed E-state index contributed by atoms with van der Waals surface area (Å²) in [4.78, 5) is 4.02. The largest absolute Gasteiger partial charge is 0.325 e. The van der Waals surface area contributed by atoms with Crippen LogP contribution in [0.4, 0.5) is 4.39 Å². The van der Waals surface area contributed by atoms with Crippen LogP contribution in [0.1, 0.15) is 24.2 Å². The number of nitrogens with one attached hydrogen (secondary N) is 1. The van der Waals surface area contributed by atoms with Crippen LogP contribution in [0.25, 0.3) is 0 Å². The fraction of sp³-hybridized carbons (Fsp3) is 0.214. The Morgan fingerprint density at radius 1 is 1.29 bits per heavy atom. The minimum atomic E-state index is -3.75. The summed E-state index contributed by atoms with van der Waals surface area (Å²) in [5.74, 6) is -0.369. The molecule has 0 saturated heterocycles. The van der Waals surface area contributed by atoms with Crippen molar-refractivity contribution in [2.24, 2.45) is 5.73 Å². The van der Waals surface area contributed by atoms with Gasteiger partial charge in [0.1, 0.15) is 10.7 Å². The summed E-state index contributed by atoms with van der Waals surface area (Å²) in [6, 6.07) is 8.14. The number of benzene rings is 1. The van der Waals surface area contributed by atoms with Gasteiger partial charge in [0.05, 0.1) is 5.69 Å². The third-order valence-corrected chi connectivity index (χ3v) is 4.65. The average molecular weight is 309 g/mol. The van der Waals surface area contributed by atoms with Gasteiger partial charge >= 0.3 is 0 Å². The van der Waals surface area contributed by atoms with Crippen LogP contribution in [0, 0.1) is 5.82 Å². The summed E-state index contributed by atoms with van der Waals surface area (Å²) in [5, 5.41) is 0. The monoisotopic (exact) mass is 309 g/mol. The van der Waals surface area contributed by atoms with E-state index >= 15 is 0 Å². The quantitative estimate of drug-likeness (QED) is 0.880. The Kier molecular flexibility index (Phi) is 4.66. The molecule has 1 aromatic carbocycles. The van der Waals surface area contributed by atoms with Crippen molar-refractivity contribution < 1.29 is 12.8 Å². The smallest absolute Gasteiger partial charge is 0.242 e. The van der Waals surface area contributed by atoms with Gasteiger partial charge in [0.25, 0.3) is 0 Å². The Hall–Kier alpha value is -1.83. The predicted molar refractivity (Wildman–Crippen MR) is 77.3 cm³/mol. The number of aromatic nitrogens is 1. The fourth-order valence-electron chi connectivity index (χ4n) is 1.94. The van der Waals surface area contributed by atoms with Crippen LogP contribution >= 0.6 is 0 Å². The van der Waals surface area contributed by atoms with Gasteiger partial charge in [0, 0.05) is 18.8 Å². The van der Waals surface area contributed by atoms with E-state index in [9.17, 15) is 12.8 Å². The van der Waals surface area contributed by atoms with Crippen molar-refractivity contribution in [1.29, 1.82) is 0 Å². The Labute approximate surface area is 123 Å². The third-order valence-electron chi connectivity index (χ3n) is 3.03.